The summed E-state index contributed by atoms with van der Waals surface area (Å²) in [5.74, 6) is 0.197. The summed E-state index contributed by atoms with van der Waals surface area (Å²) in [6, 6.07) is 0. The van der Waals surface area contributed by atoms with Crippen molar-refractivity contribution in [1.82, 2.24) is 10.6 Å². The van der Waals surface area contributed by atoms with Crippen LogP contribution in [0.15, 0.2) is 0 Å². The minimum atomic E-state index is -0.262. The summed E-state index contributed by atoms with van der Waals surface area (Å²) in [5.41, 5.74) is -0.262. The molecule has 1 amide bonds. The van der Waals surface area contributed by atoms with E-state index in [0.29, 0.717) is 0 Å². The summed E-state index contributed by atoms with van der Waals surface area (Å²) in [6.45, 7) is 5.93. The fourth-order valence-electron chi connectivity index (χ4n) is 2.11. The number of hydrogen-bond acceptors (Lipinski definition) is 2. The number of amides is 1. The molecule has 1 fully saturated rings. The molecule has 3 nitrogen and oxygen atoms in total. The van der Waals surface area contributed by atoms with Gasteiger partial charge in [0.1, 0.15) is 0 Å². The summed E-state index contributed by atoms with van der Waals surface area (Å²) in [7, 11) is 0. The Morgan fingerprint density at radius 3 is 2.31 bits per heavy atom. The molecule has 0 saturated carbocycles. The Bertz CT molecular complexity index is 168. The first-order valence-corrected chi connectivity index (χ1v) is 5.28. The van der Waals surface area contributed by atoms with Crippen LogP contribution in [0.4, 0.5) is 0 Å². The quantitative estimate of drug-likeness (QED) is 0.685. The first kappa shape index (κ1) is 10.5. The monoisotopic (exact) mass is 184 g/mol. The third-order valence-electron chi connectivity index (χ3n) is 2.66. The summed E-state index contributed by atoms with van der Waals surface area (Å²) in [5, 5.41) is 6.31. The van der Waals surface area contributed by atoms with Crippen molar-refractivity contribution in [2.75, 3.05) is 13.1 Å². The third kappa shape index (κ3) is 2.21. The topological polar surface area (TPSA) is 41.1 Å². The van der Waals surface area contributed by atoms with Gasteiger partial charge in [0.15, 0.2) is 0 Å². The molecule has 2 N–H and O–H groups in total. The molecule has 0 aromatic carbocycles. The van der Waals surface area contributed by atoms with E-state index >= 15 is 0 Å². The van der Waals surface area contributed by atoms with Crippen molar-refractivity contribution < 1.29 is 4.79 Å². The lowest BCUT2D eigenvalue weighted by molar-refractivity contribution is -0.130. The maximum Gasteiger partial charge on any atom is 0.240 e. The van der Waals surface area contributed by atoms with Crippen molar-refractivity contribution in [2.45, 2.75) is 45.1 Å². The molecule has 0 aliphatic carbocycles. The van der Waals surface area contributed by atoms with Crippen LogP contribution in [0.3, 0.4) is 0 Å². The highest BCUT2D eigenvalue weighted by atomic mass is 16.2. The molecule has 1 rings (SSSR count). The van der Waals surface area contributed by atoms with Crippen LogP contribution in [-0.2, 0) is 4.79 Å². The highest BCUT2D eigenvalue weighted by Gasteiger charge is 2.37. The lowest BCUT2D eigenvalue weighted by Crippen LogP contribution is -2.63. The molecule has 0 aromatic rings. The average molecular weight is 184 g/mol. The third-order valence-corrected chi connectivity index (χ3v) is 2.66. The van der Waals surface area contributed by atoms with Gasteiger partial charge in [-0.25, -0.2) is 0 Å². The van der Waals surface area contributed by atoms with Gasteiger partial charge < -0.3 is 10.6 Å². The van der Waals surface area contributed by atoms with Crippen LogP contribution in [0.2, 0.25) is 0 Å². The van der Waals surface area contributed by atoms with Gasteiger partial charge in [-0.1, -0.05) is 26.7 Å². The zero-order valence-electron chi connectivity index (χ0n) is 8.65. The smallest absolute Gasteiger partial charge is 0.240 e. The molecule has 3 heteroatoms. The Morgan fingerprint density at radius 1 is 1.23 bits per heavy atom. The van der Waals surface area contributed by atoms with E-state index in [9.17, 15) is 4.79 Å². The van der Waals surface area contributed by atoms with Crippen LogP contribution in [-0.4, -0.2) is 24.5 Å². The number of carbonyl (C=O) groups is 1. The van der Waals surface area contributed by atoms with E-state index in [1.807, 2.05) is 0 Å². The van der Waals surface area contributed by atoms with E-state index < -0.39 is 0 Å². The van der Waals surface area contributed by atoms with Crippen molar-refractivity contribution in [3.8, 4) is 0 Å². The number of hydrogen-bond donors (Lipinski definition) is 2. The predicted molar refractivity (Wildman–Crippen MR) is 53.6 cm³/mol. The normalized spacial score (nSPS) is 21.2. The number of piperazine rings is 1. The molecule has 1 aliphatic rings. The first-order valence-electron chi connectivity index (χ1n) is 5.28. The Morgan fingerprint density at radius 2 is 1.85 bits per heavy atom. The van der Waals surface area contributed by atoms with Gasteiger partial charge in [0.05, 0.1) is 5.54 Å². The maximum atomic E-state index is 11.7. The fourth-order valence-corrected chi connectivity index (χ4v) is 2.11. The van der Waals surface area contributed by atoms with Crippen LogP contribution in [0, 0.1) is 0 Å². The predicted octanol–water partition coefficient (Wildman–Crippen LogP) is 1.04. The Kier molecular flexibility index (Phi) is 3.72. The van der Waals surface area contributed by atoms with Crippen molar-refractivity contribution in [2.24, 2.45) is 0 Å². The van der Waals surface area contributed by atoms with Gasteiger partial charge in [-0.05, 0) is 12.8 Å². The second-order valence-corrected chi connectivity index (χ2v) is 3.76. The van der Waals surface area contributed by atoms with E-state index in [0.717, 1.165) is 38.8 Å². The summed E-state index contributed by atoms with van der Waals surface area (Å²) >= 11 is 0. The highest BCUT2D eigenvalue weighted by Crippen LogP contribution is 2.21. The average Bonchev–Trinajstić information content (AvgIpc) is 2.11. The van der Waals surface area contributed by atoms with E-state index in [1.54, 1.807) is 0 Å². The van der Waals surface area contributed by atoms with Gasteiger partial charge in [-0.2, -0.15) is 0 Å². The minimum absolute atomic E-state index is 0.197. The van der Waals surface area contributed by atoms with Gasteiger partial charge >= 0.3 is 0 Å². The van der Waals surface area contributed by atoms with E-state index in [4.69, 9.17) is 0 Å². The SMILES string of the molecule is CCCC1(CCC)NCCNC1=O. The largest absolute Gasteiger partial charge is 0.353 e. The van der Waals surface area contributed by atoms with Crippen LogP contribution in [0.5, 0.6) is 0 Å². The summed E-state index contributed by atoms with van der Waals surface area (Å²) < 4.78 is 0. The molecule has 0 bridgehead atoms. The first-order chi connectivity index (χ1) is 6.25. The molecule has 0 aromatic heterocycles. The standard InChI is InChI=1S/C10H20N2O/c1-3-5-10(6-4-2)9(13)11-7-8-12-10/h12H,3-8H2,1-2H3,(H,11,13). The zero-order chi connectivity index (χ0) is 9.73. The second kappa shape index (κ2) is 4.61. The Hall–Kier alpha value is -0.570. The summed E-state index contributed by atoms with van der Waals surface area (Å²) in [4.78, 5) is 11.7. The van der Waals surface area contributed by atoms with Gasteiger partial charge in [-0.15, -0.1) is 0 Å². The Balaban J connectivity index is 2.67. The van der Waals surface area contributed by atoms with Crippen LogP contribution in [0.1, 0.15) is 39.5 Å². The molecule has 76 valence electrons. The van der Waals surface area contributed by atoms with Gasteiger partial charge in [-0.3, -0.25) is 4.79 Å². The lowest BCUT2D eigenvalue weighted by atomic mass is 9.86. The summed E-state index contributed by atoms with van der Waals surface area (Å²) in [6.07, 6.45) is 4.01. The lowest BCUT2D eigenvalue weighted by Gasteiger charge is -2.37. The molecular weight excluding hydrogens is 164 g/mol. The zero-order valence-corrected chi connectivity index (χ0v) is 8.65. The maximum absolute atomic E-state index is 11.7. The van der Waals surface area contributed by atoms with Crippen molar-refractivity contribution in [3.63, 3.8) is 0 Å². The molecule has 0 atom stereocenters. The van der Waals surface area contributed by atoms with Gasteiger partial charge in [0, 0.05) is 13.1 Å². The van der Waals surface area contributed by atoms with Gasteiger partial charge in [0.2, 0.25) is 5.91 Å². The van der Waals surface area contributed by atoms with Crippen LogP contribution < -0.4 is 10.6 Å². The van der Waals surface area contributed by atoms with E-state index in [-0.39, 0.29) is 11.4 Å². The molecular formula is C10H20N2O. The molecule has 1 saturated heterocycles. The molecule has 0 spiro atoms. The molecule has 0 unspecified atom stereocenters. The van der Waals surface area contributed by atoms with Crippen molar-refractivity contribution in [3.05, 3.63) is 0 Å². The second-order valence-electron chi connectivity index (χ2n) is 3.76. The van der Waals surface area contributed by atoms with E-state index in [2.05, 4.69) is 24.5 Å². The minimum Gasteiger partial charge on any atom is -0.353 e. The number of rotatable bonds is 4. The molecule has 1 aliphatic heterocycles. The number of nitrogens with one attached hydrogen (secondary N) is 2. The van der Waals surface area contributed by atoms with Crippen LogP contribution >= 0.6 is 0 Å². The Labute approximate surface area is 80.3 Å². The fraction of sp³-hybridized carbons (Fsp3) is 0.900. The van der Waals surface area contributed by atoms with Crippen molar-refractivity contribution >= 4 is 5.91 Å². The van der Waals surface area contributed by atoms with Crippen molar-refractivity contribution in [1.29, 1.82) is 0 Å². The van der Waals surface area contributed by atoms with E-state index in [1.165, 1.54) is 0 Å². The van der Waals surface area contributed by atoms with Crippen LogP contribution in [0.25, 0.3) is 0 Å². The molecule has 13 heavy (non-hydrogen) atoms. The van der Waals surface area contributed by atoms with Gasteiger partial charge in [0.25, 0.3) is 0 Å². The molecule has 1 heterocycles. The highest BCUT2D eigenvalue weighted by molar-refractivity contribution is 5.87. The number of carbonyl (C=O) groups excluding carboxylic acids is 1. The molecule has 0 radical (unpaired) electrons.